The molecular formula is C23H27N3O2. The zero-order valence-corrected chi connectivity index (χ0v) is 17.0. The summed E-state index contributed by atoms with van der Waals surface area (Å²) in [5, 5.41) is 5.75. The molecule has 1 fully saturated rings. The number of rotatable bonds is 7. The van der Waals surface area contributed by atoms with E-state index in [4.69, 9.17) is 4.74 Å². The molecule has 1 atom stereocenters. The van der Waals surface area contributed by atoms with Crippen LogP contribution in [0.15, 0.2) is 30.3 Å². The Hall–Kier alpha value is -2.69. The lowest BCUT2D eigenvalue weighted by Gasteiger charge is -2.12. The minimum atomic E-state index is 0.0445. The number of ether oxygens (including phenoxy) is 1. The Kier molecular flexibility index (Phi) is 4.92. The molecule has 1 aliphatic rings. The minimum absolute atomic E-state index is 0.0445. The van der Waals surface area contributed by atoms with Gasteiger partial charge in [-0.3, -0.25) is 9.48 Å². The summed E-state index contributed by atoms with van der Waals surface area (Å²) in [6.07, 6.45) is 2.87. The second kappa shape index (κ2) is 7.38. The molecule has 5 nitrogen and oxygen atoms in total. The third-order valence-corrected chi connectivity index (χ3v) is 5.50. The predicted molar refractivity (Wildman–Crippen MR) is 110 cm³/mol. The summed E-state index contributed by atoms with van der Waals surface area (Å²) < 4.78 is 7.62. The van der Waals surface area contributed by atoms with E-state index < -0.39 is 0 Å². The molecule has 1 saturated carbocycles. The number of ketones is 1. The highest BCUT2D eigenvalue weighted by Crippen LogP contribution is 2.42. The number of aromatic nitrogens is 3. The molecule has 0 saturated heterocycles. The average Bonchev–Trinajstić information content (AvgIpc) is 3.45. The van der Waals surface area contributed by atoms with Crippen LogP contribution in [0.25, 0.3) is 11.0 Å². The van der Waals surface area contributed by atoms with Crippen molar-refractivity contribution in [3.8, 4) is 5.88 Å². The van der Waals surface area contributed by atoms with Gasteiger partial charge in [-0.15, -0.1) is 0 Å². The van der Waals surface area contributed by atoms with E-state index in [0.717, 1.165) is 22.3 Å². The van der Waals surface area contributed by atoms with Gasteiger partial charge in [-0.05, 0) is 44.2 Å². The van der Waals surface area contributed by atoms with Crippen molar-refractivity contribution < 1.29 is 9.53 Å². The van der Waals surface area contributed by atoms with Crippen LogP contribution in [-0.2, 0) is 11.8 Å². The van der Waals surface area contributed by atoms with Crippen molar-refractivity contribution in [1.29, 1.82) is 0 Å². The van der Waals surface area contributed by atoms with Crippen molar-refractivity contribution >= 4 is 16.8 Å². The number of benzene rings is 1. The summed E-state index contributed by atoms with van der Waals surface area (Å²) in [6.45, 7) is 6.16. The number of hydrogen-bond donors (Lipinski definition) is 0. The lowest BCUT2D eigenvalue weighted by molar-refractivity contribution is -0.121. The van der Waals surface area contributed by atoms with E-state index in [1.165, 1.54) is 24.0 Å². The monoisotopic (exact) mass is 377 g/mol. The second-order valence-corrected chi connectivity index (χ2v) is 8.11. The third-order valence-electron chi connectivity index (χ3n) is 5.50. The smallest absolute Gasteiger partial charge is 0.218 e. The Bertz CT molecular complexity index is 1020. The molecule has 0 aliphatic heterocycles. The van der Waals surface area contributed by atoms with Gasteiger partial charge in [0.05, 0.1) is 5.69 Å². The molecule has 146 valence electrons. The Balaban J connectivity index is 1.43. The van der Waals surface area contributed by atoms with Gasteiger partial charge in [-0.25, -0.2) is 0 Å². The first kappa shape index (κ1) is 18.7. The molecule has 0 unspecified atom stereocenters. The molecule has 2 aromatic heterocycles. The zero-order valence-electron chi connectivity index (χ0n) is 17.0. The molecule has 5 heteroatoms. The molecule has 1 aromatic carbocycles. The number of carbonyl (C=O) groups excluding carboxylic acids is 1. The normalized spacial score (nSPS) is 15.0. The molecule has 0 spiro atoms. The molecule has 2 heterocycles. The highest BCUT2D eigenvalue weighted by molar-refractivity contribution is 5.82. The first-order chi connectivity index (χ1) is 13.4. The molecule has 4 rings (SSSR count). The van der Waals surface area contributed by atoms with E-state index >= 15 is 0 Å². The first-order valence-electron chi connectivity index (χ1n) is 9.97. The van der Waals surface area contributed by atoms with E-state index in [0.29, 0.717) is 18.2 Å². The van der Waals surface area contributed by atoms with Crippen LogP contribution in [0.2, 0.25) is 0 Å². The predicted octanol–water partition coefficient (Wildman–Crippen LogP) is 4.60. The summed E-state index contributed by atoms with van der Waals surface area (Å²) in [5.74, 6) is 1.35. The molecule has 0 radical (unpaired) electrons. The maximum Gasteiger partial charge on any atom is 0.218 e. The van der Waals surface area contributed by atoms with Crippen LogP contribution in [0.4, 0.5) is 0 Å². The lowest BCUT2D eigenvalue weighted by atomic mass is 9.95. The van der Waals surface area contributed by atoms with Gasteiger partial charge in [0.1, 0.15) is 6.61 Å². The van der Waals surface area contributed by atoms with Crippen LogP contribution in [0.3, 0.4) is 0 Å². The van der Waals surface area contributed by atoms with Gasteiger partial charge in [0, 0.05) is 30.3 Å². The number of pyridine rings is 1. The van der Waals surface area contributed by atoms with E-state index in [9.17, 15) is 4.79 Å². The standard InChI is InChI=1S/C23H27N3O2/c1-14-5-7-17(8-6-14)15(2)11-19(27)13-28-23-16(3)12-20-21(18-9-10-18)25-26(4)22(20)24-23/h5-8,12,15,18H,9-11,13H2,1-4H3/t15-/m1/s1. The van der Waals surface area contributed by atoms with Gasteiger partial charge in [0.25, 0.3) is 0 Å². The maximum atomic E-state index is 12.4. The van der Waals surface area contributed by atoms with Crippen molar-refractivity contribution in [2.24, 2.45) is 7.05 Å². The molecular weight excluding hydrogens is 350 g/mol. The summed E-state index contributed by atoms with van der Waals surface area (Å²) in [7, 11) is 1.91. The molecule has 1 aliphatic carbocycles. The van der Waals surface area contributed by atoms with Gasteiger partial charge in [-0.2, -0.15) is 10.1 Å². The molecule has 28 heavy (non-hydrogen) atoms. The third kappa shape index (κ3) is 3.79. The average molecular weight is 377 g/mol. The van der Waals surface area contributed by atoms with Crippen molar-refractivity contribution in [3.63, 3.8) is 0 Å². The topological polar surface area (TPSA) is 57.0 Å². The summed E-state index contributed by atoms with van der Waals surface area (Å²) in [5.41, 5.74) is 5.31. The number of carbonyl (C=O) groups is 1. The number of hydrogen-bond acceptors (Lipinski definition) is 4. The van der Waals surface area contributed by atoms with Crippen LogP contribution in [0.5, 0.6) is 5.88 Å². The van der Waals surface area contributed by atoms with Crippen molar-refractivity contribution in [2.75, 3.05) is 6.61 Å². The Morgan fingerprint density at radius 3 is 2.64 bits per heavy atom. The van der Waals surface area contributed by atoms with Crippen LogP contribution in [-0.4, -0.2) is 27.2 Å². The molecule has 0 amide bonds. The molecule has 3 aromatic rings. The number of Topliss-reactive ketones (excluding diaryl/α,β-unsaturated/α-hetero) is 1. The van der Waals surface area contributed by atoms with Crippen LogP contribution >= 0.6 is 0 Å². The Morgan fingerprint density at radius 2 is 1.96 bits per heavy atom. The maximum absolute atomic E-state index is 12.4. The fourth-order valence-corrected chi connectivity index (χ4v) is 3.65. The van der Waals surface area contributed by atoms with E-state index in [2.05, 4.69) is 54.3 Å². The number of fused-ring (bicyclic) bond motifs is 1. The van der Waals surface area contributed by atoms with Crippen molar-refractivity contribution in [2.45, 2.75) is 51.9 Å². The van der Waals surface area contributed by atoms with Gasteiger partial charge in [-0.1, -0.05) is 36.8 Å². The Labute approximate surface area is 165 Å². The molecule has 0 N–H and O–H groups in total. The number of nitrogens with zero attached hydrogens (tertiary/aromatic N) is 3. The van der Waals surface area contributed by atoms with E-state index in [1.54, 1.807) is 0 Å². The highest BCUT2D eigenvalue weighted by Gasteiger charge is 2.29. The van der Waals surface area contributed by atoms with Crippen LogP contribution in [0.1, 0.15) is 60.4 Å². The van der Waals surface area contributed by atoms with E-state index in [1.807, 2.05) is 18.7 Å². The quantitative estimate of drug-likeness (QED) is 0.604. The van der Waals surface area contributed by atoms with E-state index in [-0.39, 0.29) is 18.3 Å². The zero-order chi connectivity index (χ0) is 19.8. The fraction of sp³-hybridized carbons (Fsp3) is 0.435. The molecule has 0 bridgehead atoms. The number of aryl methyl sites for hydroxylation is 3. The SMILES string of the molecule is Cc1ccc([C@H](C)CC(=O)COc2nc3c(cc2C)c(C2CC2)nn3C)cc1. The van der Waals surface area contributed by atoms with Crippen molar-refractivity contribution in [1.82, 2.24) is 14.8 Å². The largest absolute Gasteiger partial charge is 0.469 e. The summed E-state index contributed by atoms with van der Waals surface area (Å²) in [4.78, 5) is 17.1. The fourth-order valence-electron chi connectivity index (χ4n) is 3.65. The Morgan fingerprint density at radius 1 is 1.25 bits per heavy atom. The van der Waals surface area contributed by atoms with Gasteiger partial charge in [0.15, 0.2) is 11.4 Å². The van der Waals surface area contributed by atoms with Gasteiger partial charge in [0.2, 0.25) is 5.88 Å². The van der Waals surface area contributed by atoms with Crippen molar-refractivity contribution in [3.05, 3.63) is 52.7 Å². The first-order valence-corrected chi connectivity index (χ1v) is 9.97. The lowest BCUT2D eigenvalue weighted by Crippen LogP contribution is -2.15. The van der Waals surface area contributed by atoms with Crippen LogP contribution < -0.4 is 4.74 Å². The van der Waals surface area contributed by atoms with Crippen LogP contribution in [0, 0.1) is 13.8 Å². The second-order valence-electron chi connectivity index (χ2n) is 8.11. The van der Waals surface area contributed by atoms with Gasteiger partial charge < -0.3 is 4.74 Å². The van der Waals surface area contributed by atoms with Gasteiger partial charge >= 0.3 is 0 Å². The summed E-state index contributed by atoms with van der Waals surface area (Å²) in [6, 6.07) is 10.4. The highest BCUT2D eigenvalue weighted by atomic mass is 16.5. The minimum Gasteiger partial charge on any atom is -0.469 e. The summed E-state index contributed by atoms with van der Waals surface area (Å²) >= 11 is 0.